The van der Waals surface area contributed by atoms with Gasteiger partial charge in [0.05, 0.1) is 0 Å². The Bertz CT molecular complexity index is 2750. The van der Waals surface area contributed by atoms with Gasteiger partial charge >= 0.3 is 0 Å². The van der Waals surface area contributed by atoms with Crippen LogP contribution >= 0.6 is 0 Å². The second-order valence-corrected chi connectivity index (χ2v) is 11.5. The lowest BCUT2D eigenvalue weighted by atomic mass is 9.91. The molecule has 10 aromatic rings. The van der Waals surface area contributed by atoms with E-state index in [0.717, 1.165) is 60.5 Å². The summed E-state index contributed by atoms with van der Waals surface area (Å²) in [4.78, 5) is 43.6. The first-order valence-corrected chi connectivity index (χ1v) is 14.3. The average Bonchev–Trinajstić information content (AvgIpc) is 3.63. The molecule has 0 aliphatic rings. The van der Waals surface area contributed by atoms with Crippen LogP contribution in [0.3, 0.4) is 0 Å². The van der Waals surface area contributed by atoms with Gasteiger partial charge in [-0.3, -0.25) is 14.4 Å². The van der Waals surface area contributed by atoms with Gasteiger partial charge in [0.15, 0.2) is 16.3 Å². The Morgan fingerprint density at radius 1 is 0.349 bits per heavy atom. The summed E-state index contributed by atoms with van der Waals surface area (Å²) < 4.78 is 0. The molecule has 0 aliphatic carbocycles. The summed E-state index contributed by atoms with van der Waals surface area (Å²) in [7, 11) is 0. The molecule has 0 fully saturated rings. The number of rotatable bonds is 4. The molecule has 0 heterocycles. The van der Waals surface area contributed by atoms with Crippen LogP contribution < -0.4 is 21.2 Å². The van der Waals surface area contributed by atoms with Gasteiger partial charge in [0, 0.05) is 81.7 Å². The van der Waals surface area contributed by atoms with Crippen molar-refractivity contribution in [3.8, 4) is 11.1 Å². The summed E-state index contributed by atoms with van der Waals surface area (Å²) in [6, 6.07) is 37.6. The first-order chi connectivity index (χ1) is 21.1. The van der Waals surface area contributed by atoms with Crippen molar-refractivity contribution >= 4 is 81.7 Å². The standard InChI is InChI=1S/C39H19NO3/c41-37-24-15-16-26-32-30(24)31-25(37)17-18-27-33(31)36-34(32)29(38(26)42)19-28(35(36)39(27)43)20-11-13-23(14-12-20)40(21-7-3-1-4-8-21)22-9-5-2-6-10-22/h1-19H. The maximum absolute atomic E-state index is 14.2. The van der Waals surface area contributed by atoms with E-state index in [-0.39, 0.29) is 16.3 Å². The maximum atomic E-state index is 14.2. The van der Waals surface area contributed by atoms with Crippen molar-refractivity contribution in [3.05, 3.63) is 146 Å². The van der Waals surface area contributed by atoms with E-state index in [0.29, 0.717) is 32.3 Å². The number of benzene rings is 7. The Labute approximate surface area is 243 Å². The zero-order chi connectivity index (χ0) is 28.6. The molecule has 4 heteroatoms. The molecule has 198 valence electrons. The highest BCUT2D eigenvalue weighted by Gasteiger charge is 2.30. The molecule has 10 aromatic carbocycles. The second-order valence-electron chi connectivity index (χ2n) is 11.5. The monoisotopic (exact) mass is 549 g/mol. The van der Waals surface area contributed by atoms with Crippen molar-refractivity contribution in [1.82, 2.24) is 0 Å². The SMILES string of the molecule is O=c1c2ccc3c(=O)c4cc(-c5ccc(N(c6ccccc6)c6ccccc6)cc5)c5c(=O)c6ccc1c1c2c3c4c5c61. The zero-order valence-electron chi connectivity index (χ0n) is 22.6. The molecular weight excluding hydrogens is 530 g/mol. The minimum atomic E-state index is -0.0560. The lowest BCUT2D eigenvalue weighted by molar-refractivity contribution is 1.28. The highest BCUT2D eigenvalue weighted by Crippen LogP contribution is 2.49. The van der Waals surface area contributed by atoms with Gasteiger partial charge < -0.3 is 4.90 Å². The van der Waals surface area contributed by atoms with Crippen LogP contribution in [0.2, 0.25) is 0 Å². The van der Waals surface area contributed by atoms with E-state index >= 15 is 0 Å². The molecule has 0 spiro atoms. The molecule has 0 unspecified atom stereocenters. The predicted molar refractivity (Wildman–Crippen MR) is 178 cm³/mol. The van der Waals surface area contributed by atoms with Crippen LogP contribution in [0.1, 0.15) is 0 Å². The van der Waals surface area contributed by atoms with E-state index in [1.807, 2.05) is 54.6 Å². The summed E-state index contributed by atoms with van der Waals surface area (Å²) >= 11 is 0. The summed E-state index contributed by atoms with van der Waals surface area (Å²) in [5, 5.41) is 8.60. The van der Waals surface area contributed by atoms with Gasteiger partial charge in [0.1, 0.15) is 0 Å². The highest BCUT2D eigenvalue weighted by atomic mass is 16.1. The molecule has 0 aromatic heterocycles. The Kier molecular flexibility index (Phi) is 4.08. The number of hydrogen-bond donors (Lipinski definition) is 0. The minimum absolute atomic E-state index is 0.0394. The third kappa shape index (κ3) is 2.65. The van der Waals surface area contributed by atoms with Crippen LogP contribution in [0.5, 0.6) is 0 Å². The second kappa shape index (κ2) is 7.69. The van der Waals surface area contributed by atoms with Crippen molar-refractivity contribution in [3.63, 3.8) is 0 Å². The van der Waals surface area contributed by atoms with Crippen molar-refractivity contribution < 1.29 is 0 Å². The van der Waals surface area contributed by atoms with Crippen LogP contribution in [0.4, 0.5) is 17.1 Å². The molecule has 4 nitrogen and oxygen atoms in total. The molecule has 0 bridgehead atoms. The summed E-state index contributed by atoms with van der Waals surface area (Å²) in [6.07, 6.45) is 0. The van der Waals surface area contributed by atoms with Gasteiger partial charge in [-0.2, -0.15) is 0 Å². The Morgan fingerprint density at radius 2 is 0.767 bits per heavy atom. The van der Waals surface area contributed by atoms with E-state index in [1.54, 1.807) is 24.3 Å². The Morgan fingerprint density at radius 3 is 1.30 bits per heavy atom. The molecule has 0 aliphatic heterocycles. The number of anilines is 3. The van der Waals surface area contributed by atoms with Gasteiger partial charge in [0.2, 0.25) is 0 Å². The molecule has 0 saturated carbocycles. The minimum Gasteiger partial charge on any atom is -0.311 e. The molecule has 10 rings (SSSR count). The third-order valence-electron chi connectivity index (χ3n) is 9.40. The molecule has 0 saturated heterocycles. The normalized spacial score (nSPS) is 12.5. The van der Waals surface area contributed by atoms with E-state index in [4.69, 9.17) is 0 Å². The molecule has 0 N–H and O–H groups in total. The molecule has 0 atom stereocenters. The van der Waals surface area contributed by atoms with E-state index < -0.39 is 0 Å². The fourth-order valence-corrected chi connectivity index (χ4v) is 7.65. The maximum Gasteiger partial charge on any atom is 0.194 e. The van der Waals surface area contributed by atoms with E-state index in [2.05, 4.69) is 41.3 Å². The van der Waals surface area contributed by atoms with Crippen LogP contribution in [-0.4, -0.2) is 0 Å². The van der Waals surface area contributed by atoms with Gasteiger partial charge in [0.25, 0.3) is 0 Å². The van der Waals surface area contributed by atoms with Gasteiger partial charge in [-0.25, -0.2) is 0 Å². The van der Waals surface area contributed by atoms with Gasteiger partial charge in [-0.05, 0) is 77.9 Å². The third-order valence-corrected chi connectivity index (χ3v) is 9.40. The summed E-state index contributed by atoms with van der Waals surface area (Å²) in [6.45, 7) is 0. The van der Waals surface area contributed by atoms with Crippen LogP contribution in [0.25, 0.3) is 75.8 Å². The Balaban J connectivity index is 1.28. The lowest BCUT2D eigenvalue weighted by Gasteiger charge is -2.25. The fraction of sp³-hybridized carbons (Fsp3) is 0. The highest BCUT2D eigenvalue weighted by molar-refractivity contribution is 6.48. The van der Waals surface area contributed by atoms with Crippen LogP contribution in [0.15, 0.2) is 130 Å². The van der Waals surface area contributed by atoms with Crippen molar-refractivity contribution in [2.75, 3.05) is 4.90 Å². The van der Waals surface area contributed by atoms with Gasteiger partial charge in [-0.15, -0.1) is 0 Å². The molecular formula is C39H19NO3. The molecule has 43 heavy (non-hydrogen) atoms. The molecule has 0 radical (unpaired) electrons. The van der Waals surface area contributed by atoms with E-state index in [1.165, 1.54) is 0 Å². The van der Waals surface area contributed by atoms with Crippen LogP contribution in [-0.2, 0) is 0 Å². The number of para-hydroxylation sites is 2. The van der Waals surface area contributed by atoms with Crippen molar-refractivity contribution in [2.24, 2.45) is 0 Å². The zero-order valence-corrected chi connectivity index (χ0v) is 22.6. The van der Waals surface area contributed by atoms with Crippen molar-refractivity contribution in [1.29, 1.82) is 0 Å². The smallest absolute Gasteiger partial charge is 0.194 e. The summed E-state index contributed by atoms with van der Waals surface area (Å²) in [5.41, 5.74) is 4.51. The largest absolute Gasteiger partial charge is 0.311 e. The fourth-order valence-electron chi connectivity index (χ4n) is 7.65. The topological polar surface area (TPSA) is 54.5 Å². The number of hydrogen-bond acceptors (Lipinski definition) is 4. The quantitative estimate of drug-likeness (QED) is 0.207. The molecule has 0 amide bonds. The Hall–Kier alpha value is -5.87. The first kappa shape index (κ1) is 22.8. The first-order valence-electron chi connectivity index (χ1n) is 14.3. The van der Waals surface area contributed by atoms with E-state index in [9.17, 15) is 14.4 Å². The van der Waals surface area contributed by atoms with Crippen molar-refractivity contribution in [2.45, 2.75) is 0 Å². The van der Waals surface area contributed by atoms with Crippen LogP contribution in [0, 0.1) is 0 Å². The average molecular weight is 550 g/mol. The summed E-state index contributed by atoms with van der Waals surface area (Å²) in [5.74, 6) is 0. The predicted octanol–water partition coefficient (Wildman–Crippen LogP) is 8.45. The lowest BCUT2D eigenvalue weighted by Crippen LogP contribution is -2.09. The number of nitrogens with zero attached hydrogens (tertiary/aromatic N) is 1. The van der Waals surface area contributed by atoms with Gasteiger partial charge in [-0.1, -0.05) is 48.5 Å².